The van der Waals surface area contributed by atoms with Crippen molar-refractivity contribution in [2.45, 2.75) is 51.2 Å². The molecule has 0 aliphatic carbocycles. The van der Waals surface area contributed by atoms with E-state index in [4.69, 9.17) is 31.0 Å². The Kier molecular flexibility index (Phi) is 8.16. The molecule has 0 N–H and O–H groups in total. The molecule has 41 heavy (non-hydrogen) atoms. The number of imidazole rings is 1. The van der Waals surface area contributed by atoms with Gasteiger partial charge in [-0.3, -0.25) is 0 Å². The van der Waals surface area contributed by atoms with E-state index in [9.17, 15) is 9.18 Å². The molecule has 2 aliphatic rings. The van der Waals surface area contributed by atoms with E-state index in [2.05, 4.69) is 20.5 Å². The number of rotatable bonds is 9. The van der Waals surface area contributed by atoms with Gasteiger partial charge < -0.3 is 18.9 Å². The smallest absolute Gasteiger partial charge is 0.356 e. The van der Waals surface area contributed by atoms with Gasteiger partial charge in [-0.05, 0) is 80.0 Å². The van der Waals surface area contributed by atoms with Crippen LogP contribution >= 0.6 is 11.6 Å². The number of esters is 1. The lowest BCUT2D eigenvalue weighted by Gasteiger charge is -2.33. The quantitative estimate of drug-likeness (QED) is 0.245. The van der Waals surface area contributed by atoms with Crippen LogP contribution in [0.3, 0.4) is 0 Å². The number of pyridine rings is 2. The largest absolute Gasteiger partial charge is 0.464 e. The summed E-state index contributed by atoms with van der Waals surface area (Å²) in [6, 6.07) is 14.4. The number of methoxy groups -OCH3 is 1. The van der Waals surface area contributed by atoms with Crippen molar-refractivity contribution in [3.8, 4) is 0 Å². The number of hydrogen-bond donors (Lipinski definition) is 0. The molecule has 2 saturated heterocycles. The van der Waals surface area contributed by atoms with Gasteiger partial charge in [-0.2, -0.15) is 0 Å². The zero-order valence-electron chi connectivity index (χ0n) is 23.1. The van der Waals surface area contributed by atoms with Gasteiger partial charge in [0.2, 0.25) is 0 Å². The van der Waals surface area contributed by atoms with E-state index in [1.54, 1.807) is 18.2 Å². The first-order valence-electron chi connectivity index (χ1n) is 14.2. The maximum atomic E-state index is 14.2. The number of piperidine rings is 1. The Bertz CT molecular complexity index is 1550. The van der Waals surface area contributed by atoms with Crippen molar-refractivity contribution in [1.29, 1.82) is 0 Å². The highest BCUT2D eigenvalue weighted by molar-refractivity contribution is 6.30. The summed E-state index contributed by atoms with van der Waals surface area (Å²) in [4.78, 5) is 28.9. The van der Waals surface area contributed by atoms with Gasteiger partial charge in [0, 0.05) is 36.8 Å². The Hall–Kier alpha value is -3.56. The van der Waals surface area contributed by atoms with Gasteiger partial charge in [-0.15, -0.1) is 0 Å². The molecule has 10 heteroatoms. The number of benzene rings is 1. The van der Waals surface area contributed by atoms with Crippen LogP contribution < -0.4 is 4.90 Å². The van der Waals surface area contributed by atoms with Crippen LogP contribution in [0, 0.1) is 11.7 Å². The Labute approximate surface area is 243 Å². The lowest BCUT2D eigenvalue weighted by atomic mass is 9.93. The highest BCUT2D eigenvalue weighted by Crippen LogP contribution is 2.28. The van der Waals surface area contributed by atoms with E-state index in [0.29, 0.717) is 41.5 Å². The molecule has 1 aromatic carbocycles. The monoisotopic (exact) mass is 577 g/mol. The Morgan fingerprint density at radius 3 is 2.63 bits per heavy atom. The second-order valence-corrected chi connectivity index (χ2v) is 11.2. The van der Waals surface area contributed by atoms with Crippen molar-refractivity contribution >= 4 is 34.6 Å². The normalized spacial score (nSPS) is 17.5. The van der Waals surface area contributed by atoms with E-state index in [0.717, 1.165) is 68.2 Å². The maximum Gasteiger partial charge on any atom is 0.356 e. The second kappa shape index (κ2) is 12.1. The third-order valence-corrected chi connectivity index (χ3v) is 8.35. The molecule has 0 spiro atoms. The van der Waals surface area contributed by atoms with Gasteiger partial charge in [-0.25, -0.2) is 24.1 Å². The minimum absolute atomic E-state index is 0.145. The van der Waals surface area contributed by atoms with Gasteiger partial charge in [0.15, 0.2) is 11.3 Å². The number of hydrogen-bond acceptors (Lipinski definition) is 7. The van der Waals surface area contributed by atoms with Crippen molar-refractivity contribution in [1.82, 2.24) is 19.5 Å². The number of aryl methyl sites for hydroxylation is 2. The molecule has 2 aliphatic heterocycles. The first-order valence-corrected chi connectivity index (χ1v) is 14.6. The van der Waals surface area contributed by atoms with Crippen LogP contribution in [0.4, 0.5) is 10.2 Å². The molecular weight excluding hydrogens is 545 g/mol. The first-order chi connectivity index (χ1) is 20.0. The average Bonchev–Trinajstić information content (AvgIpc) is 3.30. The van der Waals surface area contributed by atoms with Gasteiger partial charge in [0.05, 0.1) is 19.8 Å². The van der Waals surface area contributed by atoms with Crippen molar-refractivity contribution < 1.29 is 18.7 Å². The van der Waals surface area contributed by atoms with Crippen LogP contribution in [-0.4, -0.2) is 58.4 Å². The number of carbonyl (C=O) groups is 1. The van der Waals surface area contributed by atoms with E-state index in [1.807, 2.05) is 18.2 Å². The number of halogens is 2. The predicted molar refractivity (Wildman–Crippen MR) is 155 cm³/mol. The van der Waals surface area contributed by atoms with Crippen molar-refractivity contribution in [2.24, 2.45) is 5.92 Å². The molecule has 8 nitrogen and oxygen atoms in total. The van der Waals surface area contributed by atoms with E-state index in [1.165, 1.54) is 13.2 Å². The fourth-order valence-corrected chi connectivity index (χ4v) is 5.80. The van der Waals surface area contributed by atoms with E-state index in [-0.39, 0.29) is 17.6 Å². The minimum atomic E-state index is -0.455. The molecule has 6 rings (SSSR count). The molecule has 214 valence electrons. The number of aromatic nitrogens is 4. The van der Waals surface area contributed by atoms with Gasteiger partial charge in [0.1, 0.15) is 23.0 Å². The third-order valence-electron chi connectivity index (χ3n) is 8.11. The summed E-state index contributed by atoms with van der Waals surface area (Å²) in [6.45, 7) is 3.27. The minimum Gasteiger partial charge on any atom is -0.464 e. The summed E-state index contributed by atoms with van der Waals surface area (Å²) < 4.78 is 26.9. The lowest BCUT2D eigenvalue weighted by molar-refractivity contribution is -0.0591. The molecular formula is C31H33ClFN5O3. The number of fused-ring (bicyclic) bond motifs is 1. The molecule has 1 atom stereocenters. The molecule has 0 saturated carbocycles. The van der Waals surface area contributed by atoms with Crippen LogP contribution in [0.1, 0.15) is 46.8 Å². The van der Waals surface area contributed by atoms with Crippen LogP contribution in [0.2, 0.25) is 5.02 Å². The summed E-state index contributed by atoms with van der Waals surface area (Å²) in [5.74, 6) is 1.69. The molecule has 0 amide bonds. The third kappa shape index (κ3) is 6.21. The Morgan fingerprint density at radius 2 is 1.90 bits per heavy atom. The summed E-state index contributed by atoms with van der Waals surface area (Å²) in [6.07, 6.45) is 5.27. The van der Waals surface area contributed by atoms with Crippen molar-refractivity contribution in [2.75, 3.05) is 31.7 Å². The maximum absolute atomic E-state index is 14.2. The first kappa shape index (κ1) is 27.6. The number of ether oxygens (including phenoxy) is 2. The molecule has 4 aromatic rings. The van der Waals surface area contributed by atoms with Gasteiger partial charge in [-0.1, -0.05) is 23.7 Å². The van der Waals surface area contributed by atoms with Crippen molar-refractivity contribution in [3.05, 3.63) is 82.1 Å². The van der Waals surface area contributed by atoms with Crippen LogP contribution in [0.25, 0.3) is 11.2 Å². The van der Waals surface area contributed by atoms with Crippen LogP contribution in [0.15, 0.2) is 48.5 Å². The molecule has 3 aromatic heterocycles. The predicted octanol–water partition coefficient (Wildman–Crippen LogP) is 5.44. The highest BCUT2D eigenvalue weighted by Gasteiger charge is 2.26. The highest BCUT2D eigenvalue weighted by atomic mass is 35.5. The number of anilines is 1. The fraction of sp³-hybridized carbons (Fsp3) is 0.419. The average molecular weight is 578 g/mol. The zero-order chi connectivity index (χ0) is 28.3. The summed E-state index contributed by atoms with van der Waals surface area (Å²) >= 11 is 5.89. The number of carbonyl (C=O) groups excluding carboxylic acids is 1. The SMILES string of the molecule is COC(=O)c1ccc2nc(CC3CCN(c4cccc(CCc5ccc(Cl)cc5F)n4)CC3)n(C[C@@H]3CCO3)c2n1. The molecule has 0 radical (unpaired) electrons. The molecule has 0 bridgehead atoms. The van der Waals surface area contributed by atoms with E-state index >= 15 is 0 Å². The molecule has 5 heterocycles. The second-order valence-electron chi connectivity index (χ2n) is 10.8. The topological polar surface area (TPSA) is 82.4 Å². The van der Waals surface area contributed by atoms with Crippen LogP contribution in [-0.2, 0) is 35.3 Å². The Balaban J connectivity index is 1.11. The summed E-state index contributed by atoms with van der Waals surface area (Å²) in [5.41, 5.74) is 3.36. The fourth-order valence-electron chi connectivity index (χ4n) is 5.64. The summed E-state index contributed by atoms with van der Waals surface area (Å²) in [7, 11) is 1.36. The van der Waals surface area contributed by atoms with Gasteiger partial charge in [0.25, 0.3) is 0 Å². The van der Waals surface area contributed by atoms with E-state index < -0.39 is 5.97 Å². The van der Waals surface area contributed by atoms with Crippen LogP contribution in [0.5, 0.6) is 0 Å². The summed E-state index contributed by atoms with van der Waals surface area (Å²) in [5, 5.41) is 0.406. The zero-order valence-corrected chi connectivity index (χ0v) is 23.8. The van der Waals surface area contributed by atoms with Gasteiger partial charge >= 0.3 is 5.97 Å². The molecule has 2 fully saturated rings. The Morgan fingerprint density at radius 1 is 1.07 bits per heavy atom. The lowest BCUT2D eigenvalue weighted by Crippen LogP contribution is -2.35. The molecule has 0 unspecified atom stereocenters. The van der Waals surface area contributed by atoms with Crippen molar-refractivity contribution in [3.63, 3.8) is 0 Å². The number of nitrogens with zero attached hydrogens (tertiary/aromatic N) is 5. The standard InChI is InChI=1S/C31H33ClFN5O3/c1-40-31(39)27-10-9-26-30(36-27)38(19-24-13-16-41-24)29(35-26)17-20-11-14-37(15-12-20)28-4-2-3-23(34-28)8-6-21-5-7-22(32)18-25(21)33/h2-5,7,9-10,18,20,24H,6,8,11-17,19H2,1H3/t24-/m0/s1.